The first-order chi connectivity index (χ1) is 15.5. The van der Waals surface area contributed by atoms with Gasteiger partial charge in [-0.15, -0.1) is 0 Å². The molecule has 0 aliphatic heterocycles. The minimum absolute atomic E-state index is 0.238. The molecule has 156 valence electrons. The minimum Gasteiger partial charge on any atom is -0.478 e. The van der Waals surface area contributed by atoms with E-state index in [-0.39, 0.29) is 11.1 Å². The highest BCUT2D eigenvalue weighted by molar-refractivity contribution is 5.89. The predicted octanol–water partition coefficient (Wildman–Crippen LogP) is 6.83. The van der Waals surface area contributed by atoms with E-state index in [1.807, 2.05) is 48.5 Å². The third kappa shape index (κ3) is 4.76. The molecule has 0 spiro atoms. The molecule has 0 saturated carbocycles. The Hall–Kier alpha value is -4.58. The number of hydrogen-bond donors (Lipinski definition) is 2. The van der Waals surface area contributed by atoms with Gasteiger partial charge in [-0.25, -0.2) is 9.59 Å². The molecule has 6 nitrogen and oxygen atoms in total. The molecule has 2 N–H and O–H groups in total. The van der Waals surface area contributed by atoms with E-state index in [1.54, 1.807) is 48.5 Å². The molecule has 0 aliphatic carbocycles. The molecule has 4 aromatic rings. The first kappa shape index (κ1) is 20.7. The Morgan fingerprint density at radius 2 is 0.875 bits per heavy atom. The first-order valence-electron chi connectivity index (χ1n) is 9.79. The molecule has 4 aromatic carbocycles. The zero-order chi connectivity index (χ0) is 22.5. The molecule has 6 heteroatoms. The molecule has 0 heterocycles. The van der Waals surface area contributed by atoms with E-state index in [1.165, 1.54) is 0 Å². The van der Waals surface area contributed by atoms with Crippen LogP contribution in [0.3, 0.4) is 0 Å². The van der Waals surface area contributed by atoms with Crippen molar-refractivity contribution in [2.45, 2.75) is 0 Å². The molecule has 4 rings (SSSR count). The van der Waals surface area contributed by atoms with Gasteiger partial charge >= 0.3 is 11.9 Å². The highest BCUT2D eigenvalue weighted by Gasteiger charge is 2.05. The SMILES string of the molecule is O=C(O)c1ccc(-c2cccc(N=Nc3cccc(-c4ccc(C(=O)O)cc4)c3)c2)cc1. The van der Waals surface area contributed by atoms with Gasteiger partial charge in [0.2, 0.25) is 0 Å². The second-order valence-corrected chi connectivity index (χ2v) is 7.07. The van der Waals surface area contributed by atoms with Gasteiger partial charge in [0.25, 0.3) is 0 Å². The zero-order valence-electron chi connectivity index (χ0n) is 16.8. The zero-order valence-corrected chi connectivity index (χ0v) is 16.8. The van der Waals surface area contributed by atoms with Gasteiger partial charge in [0.05, 0.1) is 22.5 Å². The smallest absolute Gasteiger partial charge is 0.335 e. The molecular formula is C26H18N2O4. The molecular weight excluding hydrogens is 404 g/mol. The van der Waals surface area contributed by atoms with Crippen molar-refractivity contribution in [3.05, 3.63) is 108 Å². The molecule has 0 aliphatic rings. The number of nitrogens with zero attached hydrogens (tertiary/aromatic N) is 2. The number of azo groups is 1. The summed E-state index contributed by atoms with van der Waals surface area (Å²) in [6.07, 6.45) is 0. The summed E-state index contributed by atoms with van der Waals surface area (Å²) in [5, 5.41) is 26.8. The second kappa shape index (κ2) is 9.06. The molecule has 32 heavy (non-hydrogen) atoms. The molecule has 0 fully saturated rings. The van der Waals surface area contributed by atoms with Crippen molar-refractivity contribution in [3.8, 4) is 22.3 Å². The number of benzene rings is 4. The van der Waals surface area contributed by atoms with Crippen molar-refractivity contribution >= 4 is 23.3 Å². The molecule has 0 amide bonds. The van der Waals surface area contributed by atoms with E-state index < -0.39 is 11.9 Å². The van der Waals surface area contributed by atoms with Gasteiger partial charge in [-0.1, -0.05) is 48.5 Å². The minimum atomic E-state index is -0.959. The fourth-order valence-electron chi connectivity index (χ4n) is 3.22. The van der Waals surface area contributed by atoms with E-state index >= 15 is 0 Å². The molecule has 0 unspecified atom stereocenters. The van der Waals surface area contributed by atoms with Gasteiger partial charge in [0.1, 0.15) is 0 Å². The summed E-state index contributed by atoms with van der Waals surface area (Å²) in [6.45, 7) is 0. The lowest BCUT2D eigenvalue weighted by Crippen LogP contribution is -1.94. The highest BCUT2D eigenvalue weighted by atomic mass is 16.4. The summed E-state index contributed by atoms with van der Waals surface area (Å²) in [4.78, 5) is 22.1. The van der Waals surface area contributed by atoms with Gasteiger partial charge in [0.15, 0.2) is 0 Å². The van der Waals surface area contributed by atoms with E-state index in [9.17, 15) is 9.59 Å². The fourth-order valence-corrected chi connectivity index (χ4v) is 3.22. The number of hydrogen-bond acceptors (Lipinski definition) is 4. The topological polar surface area (TPSA) is 99.3 Å². The van der Waals surface area contributed by atoms with E-state index in [4.69, 9.17) is 10.2 Å². The Balaban J connectivity index is 1.54. The largest absolute Gasteiger partial charge is 0.478 e. The van der Waals surface area contributed by atoms with Gasteiger partial charge in [-0.3, -0.25) is 0 Å². The van der Waals surface area contributed by atoms with Crippen LogP contribution >= 0.6 is 0 Å². The van der Waals surface area contributed by atoms with Crippen LogP contribution in [0.5, 0.6) is 0 Å². The van der Waals surface area contributed by atoms with Crippen molar-refractivity contribution in [2.24, 2.45) is 10.2 Å². The van der Waals surface area contributed by atoms with Crippen LogP contribution in [-0.2, 0) is 0 Å². The summed E-state index contributed by atoms with van der Waals surface area (Å²) in [7, 11) is 0. The molecule has 0 bridgehead atoms. The van der Waals surface area contributed by atoms with Crippen molar-refractivity contribution in [1.29, 1.82) is 0 Å². The Kier molecular flexibility index (Phi) is 5.85. The van der Waals surface area contributed by atoms with E-state index in [2.05, 4.69) is 10.2 Å². The lowest BCUT2D eigenvalue weighted by molar-refractivity contribution is 0.0686. The number of aromatic carboxylic acids is 2. The fraction of sp³-hybridized carbons (Fsp3) is 0. The molecule has 0 aromatic heterocycles. The van der Waals surface area contributed by atoms with Crippen LogP contribution in [0.15, 0.2) is 107 Å². The van der Waals surface area contributed by atoms with Gasteiger partial charge in [-0.2, -0.15) is 10.2 Å². The maximum atomic E-state index is 11.0. The Morgan fingerprint density at radius 1 is 0.500 bits per heavy atom. The Morgan fingerprint density at radius 3 is 1.22 bits per heavy atom. The summed E-state index contributed by atoms with van der Waals surface area (Å²) >= 11 is 0. The molecule has 0 atom stereocenters. The Labute approximate surface area is 184 Å². The number of carbonyl (C=O) groups is 2. The third-order valence-electron chi connectivity index (χ3n) is 4.90. The van der Waals surface area contributed by atoms with Crippen molar-refractivity contribution < 1.29 is 19.8 Å². The van der Waals surface area contributed by atoms with Crippen molar-refractivity contribution in [3.63, 3.8) is 0 Å². The lowest BCUT2D eigenvalue weighted by atomic mass is 10.0. The quantitative estimate of drug-likeness (QED) is 0.333. The van der Waals surface area contributed by atoms with E-state index in [0.717, 1.165) is 22.3 Å². The number of carboxylic acids is 2. The Bertz CT molecular complexity index is 1210. The average Bonchev–Trinajstić information content (AvgIpc) is 2.83. The van der Waals surface area contributed by atoms with Crippen LogP contribution in [-0.4, -0.2) is 22.2 Å². The van der Waals surface area contributed by atoms with Gasteiger partial charge in [-0.05, 0) is 70.8 Å². The van der Waals surface area contributed by atoms with Crippen molar-refractivity contribution in [1.82, 2.24) is 0 Å². The predicted molar refractivity (Wildman–Crippen MR) is 122 cm³/mol. The standard InChI is InChI=1S/C26H18N2O4/c29-25(30)19-11-7-17(8-12-19)21-3-1-5-23(15-21)27-28-24-6-2-4-22(16-24)18-9-13-20(14-10-18)26(31)32/h1-16H,(H,29,30)(H,31,32). The molecule has 0 saturated heterocycles. The first-order valence-corrected chi connectivity index (χ1v) is 9.79. The lowest BCUT2D eigenvalue weighted by Gasteiger charge is -2.04. The van der Waals surface area contributed by atoms with Crippen LogP contribution in [0.4, 0.5) is 11.4 Å². The van der Waals surface area contributed by atoms with Crippen LogP contribution < -0.4 is 0 Å². The van der Waals surface area contributed by atoms with Crippen LogP contribution in [0, 0.1) is 0 Å². The number of carboxylic acid groups (broad SMARTS) is 2. The van der Waals surface area contributed by atoms with Gasteiger partial charge in [0, 0.05) is 0 Å². The second-order valence-electron chi connectivity index (χ2n) is 7.07. The summed E-state index contributed by atoms with van der Waals surface area (Å²) in [5.74, 6) is -1.92. The normalized spacial score (nSPS) is 10.9. The summed E-state index contributed by atoms with van der Waals surface area (Å²) in [6, 6.07) is 28.4. The maximum Gasteiger partial charge on any atom is 0.335 e. The number of rotatable bonds is 6. The maximum absolute atomic E-state index is 11.0. The van der Waals surface area contributed by atoms with Gasteiger partial charge < -0.3 is 10.2 Å². The average molecular weight is 422 g/mol. The van der Waals surface area contributed by atoms with Crippen LogP contribution in [0.2, 0.25) is 0 Å². The highest BCUT2D eigenvalue weighted by Crippen LogP contribution is 2.28. The van der Waals surface area contributed by atoms with Crippen LogP contribution in [0.25, 0.3) is 22.3 Å². The third-order valence-corrected chi connectivity index (χ3v) is 4.90. The van der Waals surface area contributed by atoms with Crippen LogP contribution in [0.1, 0.15) is 20.7 Å². The van der Waals surface area contributed by atoms with E-state index in [0.29, 0.717) is 11.4 Å². The molecule has 0 radical (unpaired) electrons. The summed E-state index contributed by atoms with van der Waals surface area (Å²) in [5.41, 5.74) is 5.40. The summed E-state index contributed by atoms with van der Waals surface area (Å²) < 4.78 is 0. The monoisotopic (exact) mass is 422 g/mol. The van der Waals surface area contributed by atoms with Crippen molar-refractivity contribution in [2.75, 3.05) is 0 Å².